The van der Waals surface area contributed by atoms with Crippen LogP contribution in [0.5, 0.6) is 0 Å². The third kappa shape index (κ3) is 3.65. The standard InChI is InChI=1S/C15H24N4O3S/c1-18-7-9-19(10-8-18)23(21,22)13-3-4-14(16-11-13)17-12-15(20)5-2-6-15/h3-4,11,20H,2,5-10,12H2,1H3,(H,16,17). The Labute approximate surface area is 137 Å². The summed E-state index contributed by atoms with van der Waals surface area (Å²) in [6.45, 7) is 2.94. The normalized spacial score (nSPS) is 22.5. The van der Waals surface area contributed by atoms with Crippen LogP contribution in [0.4, 0.5) is 5.82 Å². The number of anilines is 1. The highest BCUT2D eigenvalue weighted by Crippen LogP contribution is 2.31. The molecule has 8 heteroatoms. The minimum atomic E-state index is -3.47. The third-order valence-corrected chi connectivity index (χ3v) is 6.60. The van der Waals surface area contributed by atoms with Crippen LogP contribution in [0.15, 0.2) is 23.2 Å². The number of rotatable bonds is 5. The van der Waals surface area contributed by atoms with Gasteiger partial charge in [-0.25, -0.2) is 13.4 Å². The Morgan fingerprint density at radius 2 is 1.96 bits per heavy atom. The van der Waals surface area contributed by atoms with Gasteiger partial charge in [0.15, 0.2) is 0 Å². The van der Waals surface area contributed by atoms with Gasteiger partial charge in [0.25, 0.3) is 0 Å². The molecule has 0 amide bonds. The predicted molar refractivity (Wildman–Crippen MR) is 87.8 cm³/mol. The lowest BCUT2D eigenvalue weighted by molar-refractivity contribution is -0.0202. The molecule has 1 saturated heterocycles. The van der Waals surface area contributed by atoms with Crippen molar-refractivity contribution in [2.45, 2.75) is 29.8 Å². The summed E-state index contributed by atoms with van der Waals surface area (Å²) in [5, 5.41) is 13.1. The Kier molecular flexibility index (Phi) is 4.59. The Morgan fingerprint density at radius 3 is 2.48 bits per heavy atom. The van der Waals surface area contributed by atoms with Crippen LogP contribution in [0.2, 0.25) is 0 Å². The number of piperazine rings is 1. The second kappa shape index (κ2) is 6.35. The number of hydrogen-bond donors (Lipinski definition) is 2. The number of aliphatic hydroxyl groups is 1. The molecule has 0 atom stereocenters. The molecule has 0 unspecified atom stereocenters. The molecule has 1 aliphatic heterocycles. The smallest absolute Gasteiger partial charge is 0.244 e. The molecular weight excluding hydrogens is 316 g/mol. The number of aromatic nitrogens is 1. The van der Waals surface area contributed by atoms with E-state index in [-0.39, 0.29) is 4.90 Å². The van der Waals surface area contributed by atoms with E-state index in [0.717, 1.165) is 32.4 Å². The molecule has 1 aromatic rings. The fourth-order valence-electron chi connectivity index (χ4n) is 2.83. The van der Waals surface area contributed by atoms with Gasteiger partial charge < -0.3 is 15.3 Å². The molecule has 1 aromatic heterocycles. The lowest BCUT2D eigenvalue weighted by atomic mass is 9.80. The van der Waals surface area contributed by atoms with Crippen molar-refractivity contribution in [1.29, 1.82) is 0 Å². The highest BCUT2D eigenvalue weighted by molar-refractivity contribution is 7.89. The van der Waals surface area contributed by atoms with E-state index in [4.69, 9.17) is 0 Å². The Bertz CT molecular complexity index is 635. The molecule has 2 heterocycles. The van der Waals surface area contributed by atoms with Crippen LogP contribution in [-0.2, 0) is 10.0 Å². The van der Waals surface area contributed by atoms with Crippen LogP contribution in [0.1, 0.15) is 19.3 Å². The zero-order valence-electron chi connectivity index (χ0n) is 13.4. The Hall–Kier alpha value is -1.22. The quantitative estimate of drug-likeness (QED) is 0.804. The molecule has 2 aliphatic rings. The molecule has 0 aromatic carbocycles. The molecule has 0 spiro atoms. The summed E-state index contributed by atoms with van der Waals surface area (Å²) in [7, 11) is -1.48. The van der Waals surface area contributed by atoms with Gasteiger partial charge in [0, 0.05) is 38.9 Å². The van der Waals surface area contributed by atoms with Crippen LogP contribution >= 0.6 is 0 Å². The molecule has 2 N–H and O–H groups in total. The van der Waals surface area contributed by atoms with Crippen LogP contribution in [0.25, 0.3) is 0 Å². The van der Waals surface area contributed by atoms with Crippen LogP contribution in [0.3, 0.4) is 0 Å². The SMILES string of the molecule is CN1CCN(S(=O)(=O)c2ccc(NCC3(O)CCC3)nc2)CC1. The summed E-state index contributed by atoms with van der Waals surface area (Å²) in [5.74, 6) is 0.586. The average Bonchev–Trinajstić information content (AvgIpc) is 2.52. The molecule has 2 fully saturated rings. The molecule has 0 bridgehead atoms. The van der Waals surface area contributed by atoms with Gasteiger partial charge in [-0.2, -0.15) is 4.31 Å². The summed E-state index contributed by atoms with van der Waals surface area (Å²) >= 11 is 0. The van der Waals surface area contributed by atoms with E-state index in [1.807, 2.05) is 7.05 Å². The lowest BCUT2D eigenvalue weighted by Crippen LogP contribution is -2.47. The maximum absolute atomic E-state index is 12.6. The van der Waals surface area contributed by atoms with Crippen LogP contribution < -0.4 is 5.32 Å². The summed E-state index contributed by atoms with van der Waals surface area (Å²) in [6, 6.07) is 3.23. The first kappa shape index (κ1) is 16.6. The van der Waals surface area contributed by atoms with Gasteiger partial charge in [0.05, 0.1) is 5.60 Å². The highest BCUT2D eigenvalue weighted by atomic mass is 32.2. The molecule has 7 nitrogen and oxygen atoms in total. The molecule has 3 rings (SSSR count). The van der Waals surface area contributed by atoms with Crippen molar-refractivity contribution in [2.24, 2.45) is 0 Å². The van der Waals surface area contributed by atoms with Crippen molar-refractivity contribution < 1.29 is 13.5 Å². The number of hydrogen-bond acceptors (Lipinski definition) is 6. The summed E-state index contributed by atoms with van der Waals surface area (Å²) < 4.78 is 26.7. The minimum Gasteiger partial charge on any atom is -0.388 e. The maximum Gasteiger partial charge on any atom is 0.244 e. The first-order chi connectivity index (χ1) is 10.9. The van der Waals surface area contributed by atoms with Crippen molar-refractivity contribution in [3.8, 4) is 0 Å². The van der Waals surface area contributed by atoms with Crippen molar-refractivity contribution in [3.05, 3.63) is 18.3 Å². The number of nitrogens with one attached hydrogen (secondary N) is 1. The van der Waals surface area contributed by atoms with Gasteiger partial charge >= 0.3 is 0 Å². The predicted octanol–water partition coefficient (Wildman–Crippen LogP) is 0.345. The van der Waals surface area contributed by atoms with Gasteiger partial charge in [0.2, 0.25) is 10.0 Å². The van der Waals surface area contributed by atoms with Crippen molar-refractivity contribution in [2.75, 3.05) is 45.1 Å². The van der Waals surface area contributed by atoms with Gasteiger partial charge in [-0.15, -0.1) is 0 Å². The molecule has 1 saturated carbocycles. The topological polar surface area (TPSA) is 85.8 Å². The van der Waals surface area contributed by atoms with Gasteiger partial charge in [0.1, 0.15) is 10.7 Å². The van der Waals surface area contributed by atoms with E-state index in [0.29, 0.717) is 25.5 Å². The summed E-state index contributed by atoms with van der Waals surface area (Å²) in [5.41, 5.74) is -0.633. The number of sulfonamides is 1. The molecular formula is C15H24N4O3S. The van der Waals surface area contributed by atoms with Crippen molar-refractivity contribution in [1.82, 2.24) is 14.2 Å². The van der Waals surface area contributed by atoms with E-state index in [1.54, 1.807) is 12.1 Å². The zero-order chi connectivity index (χ0) is 16.5. The Balaban J connectivity index is 1.64. The fraction of sp³-hybridized carbons (Fsp3) is 0.667. The van der Waals surface area contributed by atoms with Crippen LogP contribution in [0, 0.1) is 0 Å². The van der Waals surface area contributed by atoms with Gasteiger partial charge in [-0.3, -0.25) is 0 Å². The summed E-state index contributed by atoms with van der Waals surface area (Å²) in [4.78, 5) is 6.51. The third-order valence-electron chi connectivity index (χ3n) is 4.72. The summed E-state index contributed by atoms with van der Waals surface area (Å²) in [6.07, 6.45) is 4.04. The van der Waals surface area contributed by atoms with E-state index >= 15 is 0 Å². The molecule has 128 valence electrons. The van der Waals surface area contributed by atoms with E-state index < -0.39 is 15.6 Å². The number of nitrogens with zero attached hydrogens (tertiary/aromatic N) is 3. The van der Waals surface area contributed by atoms with Crippen molar-refractivity contribution in [3.63, 3.8) is 0 Å². The monoisotopic (exact) mass is 340 g/mol. The number of pyridine rings is 1. The number of likely N-dealkylation sites (N-methyl/N-ethyl adjacent to an activating group) is 1. The molecule has 23 heavy (non-hydrogen) atoms. The second-order valence-corrected chi connectivity index (χ2v) is 8.46. The fourth-order valence-corrected chi connectivity index (χ4v) is 4.20. The zero-order valence-corrected chi connectivity index (χ0v) is 14.2. The first-order valence-corrected chi connectivity index (χ1v) is 9.44. The molecule has 1 aliphatic carbocycles. The lowest BCUT2D eigenvalue weighted by Gasteiger charge is -2.36. The highest BCUT2D eigenvalue weighted by Gasteiger charge is 2.34. The van der Waals surface area contributed by atoms with Gasteiger partial charge in [-0.05, 0) is 38.4 Å². The van der Waals surface area contributed by atoms with E-state index in [9.17, 15) is 13.5 Å². The second-order valence-electron chi connectivity index (χ2n) is 6.52. The Morgan fingerprint density at radius 1 is 1.26 bits per heavy atom. The molecule has 0 radical (unpaired) electrons. The van der Waals surface area contributed by atoms with E-state index in [2.05, 4.69) is 15.2 Å². The minimum absolute atomic E-state index is 0.218. The average molecular weight is 340 g/mol. The maximum atomic E-state index is 12.6. The van der Waals surface area contributed by atoms with Crippen molar-refractivity contribution >= 4 is 15.8 Å². The van der Waals surface area contributed by atoms with Gasteiger partial charge in [-0.1, -0.05) is 0 Å². The van der Waals surface area contributed by atoms with E-state index in [1.165, 1.54) is 10.5 Å². The first-order valence-electron chi connectivity index (χ1n) is 8.00. The largest absolute Gasteiger partial charge is 0.388 e. The van der Waals surface area contributed by atoms with Crippen LogP contribution in [-0.4, -0.2) is 73.1 Å².